The van der Waals surface area contributed by atoms with Gasteiger partial charge in [0, 0.05) is 5.92 Å². The lowest BCUT2D eigenvalue weighted by Gasteiger charge is -2.16. The van der Waals surface area contributed by atoms with Crippen LogP contribution in [0.5, 0.6) is 0 Å². The van der Waals surface area contributed by atoms with Gasteiger partial charge in [-0.3, -0.25) is 15.2 Å². The molecule has 0 bridgehead atoms. The third-order valence-corrected chi connectivity index (χ3v) is 5.11. The first-order chi connectivity index (χ1) is 16.1. The highest BCUT2D eigenvalue weighted by atomic mass is 19.4. The summed E-state index contributed by atoms with van der Waals surface area (Å²) in [7, 11) is 0. The molecular formula is C21H16F3N5O5. The monoisotopic (exact) mass is 475 g/mol. The Labute approximate surface area is 189 Å². The number of carboxylic acid groups (broad SMARTS) is 1. The molecule has 1 aliphatic carbocycles. The summed E-state index contributed by atoms with van der Waals surface area (Å²) < 4.78 is 43.4. The number of rotatable bonds is 6. The number of H-pyrrole nitrogens is 1. The molecule has 10 nitrogen and oxygen atoms in total. The summed E-state index contributed by atoms with van der Waals surface area (Å²) in [5.41, 5.74) is 4.06. The van der Waals surface area contributed by atoms with Gasteiger partial charge in [0.25, 0.3) is 11.9 Å². The first-order valence-electron chi connectivity index (χ1n) is 9.80. The van der Waals surface area contributed by atoms with E-state index in [0.717, 1.165) is 22.3 Å². The summed E-state index contributed by atoms with van der Waals surface area (Å²) in [6, 6.07) is 12.3. The molecular weight excluding hydrogens is 459 g/mol. The molecule has 0 saturated carbocycles. The smallest absolute Gasteiger partial charge is 0.419 e. The van der Waals surface area contributed by atoms with Crippen LogP contribution in [0.2, 0.25) is 0 Å². The molecule has 1 aromatic heterocycles. The van der Waals surface area contributed by atoms with Crippen LogP contribution in [-0.2, 0) is 9.53 Å². The summed E-state index contributed by atoms with van der Waals surface area (Å²) in [5, 5.41) is 17.6. The summed E-state index contributed by atoms with van der Waals surface area (Å²) in [4.78, 5) is 38.4. The molecule has 1 unspecified atom stereocenters. The number of aromatic nitrogens is 3. The molecule has 2 aromatic carbocycles. The number of hydrogen-bond donors (Lipinski definition) is 4. The number of nitrogens with zero attached hydrogens (tertiary/aromatic N) is 2. The van der Waals surface area contributed by atoms with Gasteiger partial charge in [-0.2, -0.15) is 18.2 Å². The third-order valence-electron chi connectivity index (χ3n) is 5.11. The number of amides is 2. The van der Waals surface area contributed by atoms with Crippen molar-refractivity contribution in [3.8, 4) is 11.1 Å². The van der Waals surface area contributed by atoms with Gasteiger partial charge in [0.1, 0.15) is 6.61 Å². The van der Waals surface area contributed by atoms with Gasteiger partial charge in [-0.25, -0.2) is 9.59 Å². The molecule has 0 spiro atoms. The Morgan fingerprint density at radius 2 is 1.65 bits per heavy atom. The Hall–Kier alpha value is -4.42. The molecule has 0 aliphatic heterocycles. The van der Waals surface area contributed by atoms with Crippen molar-refractivity contribution < 1.29 is 37.4 Å². The van der Waals surface area contributed by atoms with Gasteiger partial charge in [-0.1, -0.05) is 48.5 Å². The summed E-state index contributed by atoms with van der Waals surface area (Å²) in [6.45, 7) is -0.0104. The number of halogens is 3. The van der Waals surface area contributed by atoms with Crippen LogP contribution in [0.15, 0.2) is 48.5 Å². The highest BCUT2D eigenvalue weighted by Gasteiger charge is 2.46. The number of ether oxygens (including phenoxy) is 1. The number of anilines is 1. The molecule has 176 valence electrons. The Morgan fingerprint density at radius 3 is 2.21 bits per heavy atom. The number of aliphatic carboxylic acids is 1. The van der Waals surface area contributed by atoms with E-state index in [0.29, 0.717) is 0 Å². The summed E-state index contributed by atoms with van der Waals surface area (Å²) in [6.07, 6.45) is -6.17. The van der Waals surface area contributed by atoms with Gasteiger partial charge in [-0.05, 0) is 22.3 Å². The van der Waals surface area contributed by atoms with Crippen molar-refractivity contribution in [1.82, 2.24) is 20.5 Å². The first kappa shape index (κ1) is 22.8. The van der Waals surface area contributed by atoms with Crippen molar-refractivity contribution in [1.29, 1.82) is 0 Å². The molecule has 1 atom stereocenters. The molecule has 1 heterocycles. The topological polar surface area (TPSA) is 146 Å². The van der Waals surface area contributed by atoms with Crippen LogP contribution in [0.3, 0.4) is 0 Å². The lowest BCUT2D eigenvalue weighted by molar-refractivity contribution is -0.178. The molecule has 3 aromatic rings. The highest BCUT2D eigenvalue weighted by molar-refractivity contribution is 5.94. The zero-order chi connectivity index (χ0) is 24.5. The minimum Gasteiger partial charge on any atom is -0.479 e. The van der Waals surface area contributed by atoms with Gasteiger partial charge in [0.15, 0.2) is 0 Å². The summed E-state index contributed by atoms with van der Waals surface area (Å²) >= 11 is 0. The predicted molar refractivity (Wildman–Crippen MR) is 110 cm³/mol. The largest absolute Gasteiger partial charge is 0.479 e. The van der Waals surface area contributed by atoms with Crippen LogP contribution in [-0.4, -0.2) is 57.1 Å². The van der Waals surface area contributed by atoms with E-state index in [9.17, 15) is 27.6 Å². The maximum atomic E-state index is 12.7. The van der Waals surface area contributed by atoms with Gasteiger partial charge in [-0.15, -0.1) is 5.10 Å². The van der Waals surface area contributed by atoms with Crippen LogP contribution in [0.4, 0.5) is 23.9 Å². The minimum atomic E-state index is -5.22. The van der Waals surface area contributed by atoms with Crippen molar-refractivity contribution >= 4 is 23.9 Å². The van der Waals surface area contributed by atoms with E-state index in [2.05, 4.69) is 15.4 Å². The number of aromatic amines is 1. The standard InChI is InChI=1S/C21H16F3N5O5/c22-21(23,24)15(18(31)32)25-17(30)16-26-19(29-28-16)27-20(33)34-9-14-12-7-3-1-5-10(12)11-6-2-4-8-13(11)14/h1-8,14-15H,9H2,(H,25,30)(H,31,32)(H2,26,27,28,29,33). The fraction of sp³-hybridized carbons (Fsp3) is 0.190. The lowest BCUT2D eigenvalue weighted by Crippen LogP contribution is -2.50. The quantitative estimate of drug-likeness (QED) is 0.429. The van der Waals surface area contributed by atoms with Gasteiger partial charge in [0.05, 0.1) is 0 Å². The molecule has 0 fully saturated rings. The lowest BCUT2D eigenvalue weighted by atomic mass is 9.98. The van der Waals surface area contributed by atoms with E-state index < -0.39 is 42.0 Å². The Balaban J connectivity index is 1.38. The molecule has 4 N–H and O–H groups in total. The fourth-order valence-corrected chi connectivity index (χ4v) is 3.63. The second-order valence-electron chi connectivity index (χ2n) is 7.24. The van der Waals surface area contributed by atoms with Crippen LogP contribution in [0.1, 0.15) is 27.7 Å². The normalized spacial score (nSPS) is 13.5. The Morgan fingerprint density at radius 1 is 1.06 bits per heavy atom. The fourth-order valence-electron chi connectivity index (χ4n) is 3.63. The van der Waals surface area contributed by atoms with E-state index in [4.69, 9.17) is 9.84 Å². The maximum Gasteiger partial charge on any atom is 0.419 e. The Bertz CT molecular complexity index is 1210. The number of carboxylic acids is 1. The van der Waals surface area contributed by atoms with Crippen molar-refractivity contribution in [3.63, 3.8) is 0 Å². The van der Waals surface area contributed by atoms with E-state index in [1.165, 1.54) is 5.32 Å². The SMILES string of the molecule is O=C(Nc1n[nH]c(C(=O)NC(C(=O)O)C(F)(F)F)n1)OCC1c2ccccc2-c2ccccc21. The van der Waals surface area contributed by atoms with Gasteiger partial charge >= 0.3 is 18.2 Å². The third kappa shape index (κ3) is 4.53. The molecule has 34 heavy (non-hydrogen) atoms. The molecule has 0 saturated heterocycles. The zero-order valence-electron chi connectivity index (χ0n) is 17.1. The van der Waals surface area contributed by atoms with E-state index in [-0.39, 0.29) is 12.5 Å². The minimum absolute atomic E-state index is 0.0104. The number of alkyl halides is 3. The first-order valence-corrected chi connectivity index (χ1v) is 9.80. The number of carbonyl (C=O) groups is 3. The van der Waals surface area contributed by atoms with Crippen LogP contribution in [0, 0.1) is 0 Å². The number of fused-ring (bicyclic) bond motifs is 3. The highest BCUT2D eigenvalue weighted by Crippen LogP contribution is 2.44. The van der Waals surface area contributed by atoms with Crippen molar-refractivity contribution in [2.75, 3.05) is 11.9 Å². The van der Waals surface area contributed by atoms with E-state index in [1.54, 1.807) is 0 Å². The average molecular weight is 475 g/mol. The van der Waals surface area contributed by atoms with Crippen molar-refractivity contribution in [3.05, 3.63) is 65.5 Å². The molecule has 0 radical (unpaired) electrons. The number of nitrogens with one attached hydrogen (secondary N) is 3. The average Bonchev–Trinajstić information content (AvgIpc) is 3.37. The maximum absolute atomic E-state index is 12.7. The summed E-state index contributed by atoms with van der Waals surface area (Å²) in [5.74, 6) is -5.15. The number of carbonyl (C=O) groups excluding carboxylic acids is 2. The Kier molecular flexibility index (Phi) is 5.92. The van der Waals surface area contributed by atoms with Crippen molar-refractivity contribution in [2.24, 2.45) is 0 Å². The zero-order valence-corrected chi connectivity index (χ0v) is 17.1. The predicted octanol–water partition coefficient (Wildman–Crippen LogP) is 2.91. The van der Waals surface area contributed by atoms with Gasteiger partial charge < -0.3 is 15.2 Å². The van der Waals surface area contributed by atoms with E-state index >= 15 is 0 Å². The molecule has 1 aliphatic rings. The molecule has 13 heteroatoms. The molecule has 2 amide bonds. The van der Waals surface area contributed by atoms with Crippen LogP contribution >= 0.6 is 0 Å². The second kappa shape index (κ2) is 8.84. The van der Waals surface area contributed by atoms with Crippen LogP contribution in [0.25, 0.3) is 11.1 Å². The van der Waals surface area contributed by atoms with E-state index in [1.807, 2.05) is 53.6 Å². The molecule has 4 rings (SSSR count). The number of hydrogen-bond acceptors (Lipinski definition) is 6. The van der Waals surface area contributed by atoms with Crippen LogP contribution < -0.4 is 10.6 Å². The van der Waals surface area contributed by atoms with Crippen molar-refractivity contribution in [2.45, 2.75) is 18.1 Å². The number of benzene rings is 2. The second-order valence-corrected chi connectivity index (χ2v) is 7.24. The van der Waals surface area contributed by atoms with Gasteiger partial charge in [0.2, 0.25) is 11.9 Å².